The zero-order chi connectivity index (χ0) is 14.9. The molecule has 0 atom stereocenters. The molecule has 2 aromatic carbocycles. The molecule has 1 N–H and O–H groups in total. The van der Waals surface area contributed by atoms with Crippen molar-refractivity contribution in [2.75, 3.05) is 5.32 Å². The summed E-state index contributed by atoms with van der Waals surface area (Å²) < 4.78 is 41.3. The van der Waals surface area contributed by atoms with Crippen LogP contribution in [0.25, 0.3) is 0 Å². The number of hydrogen-bond donors (Lipinski definition) is 1. The average molecular weight is 412 g/mol. The van der Waals surface area contributed by atoms with Gasteiger partial charge in [-0.3, -0.25) is 4.79 Å². The van der Waals surface area contributed by atoms with E-state index < -0.39 is 28.4 Å². The van der Waals surface area contributed by atoms with Gasteiger partial charge in [-0.2, -0.15) is 0 Å². The number of carbonyl (C=O) groups excluding carboxylic acids is 1. The Morgan fingerprint density at radius 1 is 1.10 bits per heavy atom. The van der Waals surface area contributed by atoms with Crippen LogP contribution in [0, 0.1) is 21.0 Å². The van der Waals surface area contributed by atoms with Crippen LogP contribution >= 0.6 is 34.2 Å². The minimum Gasteiger partial charge on any atom is -0.350 e. The molecule has 104 valence electrons. The van der Waals surface area contributed by atoms with Crippen LogP contribution in [0.4, 0.5) is 24.5 Å². The lowest BCUT2D eigenvalue weighted by Gasteiger charge is -2.12. The zero-order valence-electron chi connectivity index (χ0n) is 9.68. The number of rotatable bonds is 3. The highest BCUT2D eigenvalue weighted by Gasteiger charge is 2.18. The Hall–Kier alpha value is -1.28. The second-order valence-electron chi connectivity index (χ2n) is 3.81. The van der Waals surface area contributed by atoms with Crippen molar-refractivity contribution in [3.05, 3.63) is 56.9 Å². The van der Waals surface area contributed by atoms with Crippen molar-refractivity contribution in [2.24, 2.45) is 0 Å². The molecule has 0 heterocycles. The van der Waals surface area contributed by atoms with E-state index in [9.17, 15) is 18.0 Å². The SMILES string of the molecule is O=C(Cl)c1ccc(F)c(F)c1Nc1ccc(I)cc1F. The van der Waals surface area contributed by atoms with Gasteiger partial charge in [-0.25, -0.2) is 13.2 Å². The first-order valence-corrected chi connectivity index (χ1v) is 6.75. The van der Waals surface area contributed by atoms with E-state index in [1.165, 1.54) is 12.1 Å². The maximum absolute atomic E-state index is 13.7. The van der Waals surface area contributed by atoms with Crippen LogP contribution in [-0.4, -0.2) is 5.24 Å². The highest BCUT2D eigenvalue weighted by Crippen LogP contribution is 2.29. The summed E-state index contributed by atoms with van der Waals surface area (Å²) in [5, 5.41) is 1.39. The third-order valence-electron chi connectivity index (χ3n) is 2.50. The molecule has 0 aliphatic heterocycles. The predicted molar refractivity (Wildman–Crippen MR) is 78.9 cm³/mol. The molecule has 0 amide bonds. The van der Waals surface area contributed by atoms with Crippen LogP contribution in [-0.2, 0) is 0 Å². The highest BCUT2D eigenvalue weighted by molar-refractivity contribution is 14.1. The van der Waals surface area contributed by atoms with E-state index in [2.05, 4.69) is 5.32 Å². The number of nitrogens with one attached hydrogen (secondary N) is 1. The fourth-order valence-electron chi connectivity index (χ4n) is 1.56. The summed E-state index contributed by atoms with van der Waals surface area (Å²) in [6.07, 6.45) is 0. The van der Waals surface area contributed by atoms with Crippen LogP contribution in [0.5, 0.6) is 0 Å². The van der Waals surface area contributed by atoms with Crippen LogP contribution in [0.1, 0.15) is 10.4 Å². The summed E-state index contributed by atoms with van der Waals surface area (Å²) in [6.45, 7) is 0. The lowest BCUT2D eigenvalue weighted by molar-refractivity contribution is 0.108. The number of hydrogen-bond acceptors (Lipinski definition) is 2. The van der Waals surface area contributed by atoms with Crippen molar-refractivity contribution in [3.63, 3.8) is 0 Å². The number of benzene rings is 2. The summed E-state index contributed by atoms with van der Waals surface area (Å²) in [7, 11) is 0. The molecular weight excluding hydrogens is 406 g/mol. The number of carbonyl (C=O) groups is 1. The predicted octanol–water partition coefficient (Wildman–Crippen LogP) is 4.83. The average Bonchev–Trinajstić information content (AvgIpc) is 2.37. The molecule has 2 aromatic rings. The van der Waals surface area contributed by atoms with Crippen molar-refractivity contribution in [1.82, 2.24) is 0 Å². The number of halogens is 5. The third-order valence-corrected chi connectivity index (χ3v) is 3.37. The van der Waals surface area contributed by atoms with Gasteiger partial charge in [0.1, 0.15) is 5.82 Å². The normalized spacial score (nSPS) is 10.4. The van der Waals surface area contributed by atoms with E-state index in [4.69, 9.17) is 11.6 Å². The van der Waals surface area contributed by atoms with E-state index in [0.717, 1.165) is 12.1 Å². The molecule has 0 radical (unpaired) electrons. The lowest BCUT2D eigenvalue weighted by atomic mass is 10.1. The van der Waals surface area contributed by atoms with Gasteiger partial charge in [0.05, 0.1) is 16.9 Å². The molecule has 0 unspecified atom stereocenters. The molecule has 7 heteroatoms. The summed E-state index contributed by atoms with van der Waals surface area (Å²) in [5.74, 6) is -3.12. The van der Waals surface area contributed by atoms with Gasteiger partial charge in [0.2, 0.25) is 0 Å². The fraction of sp³-hybridized carbons (Fsp3) is 0. The monoisotopic (exact) mass is 411 g/mol. The van der Waals surface area contributed by atoms with Crippen molar-refractivity contribution in [2.45, 2.75) is 0 Å². The molecule has 20 heavy (non-hydrogen) atoms. The molecule has 0 spiro atoms. The van der Waals surface area contributed by atoms with E-state index in [1.54, 1.807) is 6.07 Å². The van der Waals surface area contributed by atoms with Crippen molar-refractivity contribution < 1.29 is 18.0 Å². The molecular formula is C13H6ClF3INO. The second-order valence-corrected chi connectivity index (χ2v) is 5.40. The highest BCUT2D eigenvalue weighted by atomic mass is 127. The van der Waals surface area contributed by atoms with Crippen LogP contribution in [0.15, 0.2) is 30.3 Å². The molecule has 2 nitrogen and oxygen atoms in total. The third kappa shape index (κ3) is 3.06. The maximum atomic E-state index is 13.7. The molecule has 2 rings (SSSR count). The smallest absolute Gasteiger partial charge is 0.254 e. The minimum absolute atomic E-state index is 0.0888. The van der Waals surface area contributed by atoms with Gasteiger partial charge < -0.3 is 5.32 Å². The van der Waals surface area contributed by atoms with Gasteiger partial charge in [0.25, 0.3) is 5.24 Å². The van der Waals surface area contributed by atoms with Crippen LogP contribution in [0.3, 0.4) is 0 Å². The van der Waals surface area contributed by atoms with Crippen LogP contribution < -0.4 is 5.32 Å². The van der Waals surface area contributed by atoms with Crippen molar-refractivity contribution in [3.8, 4) is 0 Å². The van der Waals surface area contributed by atoms with E-state index in [-0.39, 0.29) is 11.3 Å². The first-order valence-electron chi connectivity index (χ1n) is 5.30. The summed E-state index contributed by atoms with van der Waals surface area (Å²) in [5.41, 5.74) is -0.859. The Morgan fingerprint density at radius 2 is 1.80 bits per heavy atom. The Kier molecular flexibility index (Phi) is 4.54. The van der Waals surface area contributed by atoms with Crippen LogP contribution in [0.2, 0.25) is 0 Å². The Balaban J connectivity index is 2.52. The summed E-state index contributed by atoms with van der Waals surface area (Å²) in [4.78, 5) is 11.2. The molecule has 0 fully saturated rings. The largest absolute Gasteiger partial charge is 0.350 e. The van der Waals surface area contributed by atoms with E-state index in [0.29, 0.717) is 3.57 Å². The minimum atomic E-state index is -1.30. The first kappa shape index (κ1) is 15.1. The van der Waals surface area contributed by atoms with Gasteiger partial charge in [0.15, 0.2) is 11.6 Å². The van der Waals surface area contributed by atoms with Gasteiger partial charge in [-0.1, -0.05) is 0 Å². The summed E-state index contributed by atoms with van der Waals surface area (Å²) >= 11 is 7.21. The molecule has 0 aliphatic carbocycles. The quantitative estimate of drug-likeness (QED) is 0.579. The standard InChI is InChI=1S/C13H6ClF3INO/c14-13(20)7-2-3-8(15)11(17)12(7)19-10-4-1-6(18)5-9(10)16/h1-5,19H. The number of anilines is 2. The van der Waals surface area contributed by atoms with E-state index >= 15 is 0 Å². The van der Waals surface area contributed by atoms with E-state index in [1.807, 2.05) is 22.6 Å². The molecule has 0 aliphatic rings. The fourth-order valence-corrected chi connectivity index (χ4v) is 2.17. The lowest BCUT2D eigenvalue weighted by Crippen LogP contribution is -2.05. The Morgan fingerprint density at radius 3 is 2.40 bits per heavy atom. The van der Waals surface area contributed by atoms with Crippen molar-refractivity contribution >= 4 is 50.8 Å². The van der Waals surface area contributed by atoms with Gasteiger partial charge >= 0.3 is 0 Å². The van der Waals surface area contributed by atoms with Crippen molar-refractivity contribution in [1.29, 1.82) is 0 Å². The molecule has 0 aromatic heterocycles. The summed E-state index contributed by atoms with van der Waals surface area (Å²) in [6, 6.07) is 5.94. The first-order chi connectivity index (χ1) is 9.40. The molecule has 0 bridgehead atoms. The molecule has 0 saturated heterocycles. The van der Waals surface area contributed by atoms with Gasteiger partial charge in [-0.15, -0.1) is 0 Å². The topological polar surface area (TPSA) is 29.1 Å². The Labute approximate surface area is 131 Å². The molecule has 0 saturated carbocycles. The second kappa shape index (κ2) is 6.01. The van der Waals surface area contributed by atoms with Gasteiger partial charge in [-0.05, 0) is 64.5 Å². The Bertz CT molecular complexity index is 694. The van der Waals surface area contributed by atoms with Gasteiger partial charge in [0, 0.05) is 3.57 Å². The maximum Gasteiger partial charge on any atom is 0.254 e. The zero-order valence-corrected chi connectivity index (χ0v) is 12.6.